The summed E-state index contributed by atoms with van der Waals surface area (Å²) in [4.78, 5) is 1.23. The van der Waals surface area contributed by atoms with Crippen molar-refractivity contribution in [2.75, 3.05) is 6.54 Å². The molecule has 3 heteroatoms. The van der Waals surface area contributed by atoms with Crippen LogP contribution in [0.15, 0.2) is 42.5 Å². The molecular weight excluding hydrogens is 250 g/mol. The number of hydrogen-bond acceptors (Lipinski definition) is 2. The second-order valence-electron chi connectivity index (χ2n) is 3.48. The number of halogens is 1. The van der Waals surface area contributed by atoms with Gasteiger partial charge >= 0.3 is 0 Å². The molecule has 1 aromatic carbocycles. The fraction of sp³-hybridized carbons (Fsp3) is 0.143. The van der Waals surface area contributed by atoms with Gasteiger partial charge in [-0.1, -0.05) is 41.6 Å². The van der Waals surface area contributed by atoms with E-state index < -0.39 is 0 Å². The second-order valence-corrected chi connectivity index (χ2v) is 5.28. The van der Waals surface area contributed by atoms with Crippen molar-refractivity contribution in [1.82, 2.24) is 5.32 Å². The molecule has 1 aromatic heterocycles. The van der Waals surface area contributed by atoms with Crippen LogP contribution in [-0.2, 0) is 6.54 Å². The summed E-state index contributed by atoms with van der Waals surface area (Å²) in [6, 6.07) is 13.9. The quantitative estimate of drug-likeness (QED) is 0.658. The van der Waals surface area contributed by atoms with Crippen molar-refractivity contribution >= 4 is 22.9 Å². The van der Waals surface area contributed by atoms with Gasteiger partial charge in [0.15, 0.2) is 0 Å². The van der Waals surface area contributed by atoms with Crippen molar-refractivity contribution in [3.63, 3.8) is 0 Å². The molecule has 2 rings (SSSR count). The first kappa shape index (κ1) is 12.2. The van der Waals surface area contributed by atoms with Gasteiger partial charge < -0.3 is 5.32 Å². The van der Waals surface area contributed by atoms with Crippen molar-refractivity contribution in [2.24, 2.45) is 0 Å². The zero-order chi connectivity index (χ0) is 11.9. The summed E-state index contributed by atoms with van der Waals surface area (Å²) in [5.74, 6) is 6.19. The van der Waals surface area contributed by atoms with Gasteiger partial charge in [-0.2, -0.15) is 0 Å². The number of nitrogens with one attached hydrogen (secondary N) is 1. The molecule has 0 spiro atoms. The summed E-state index contributed by atoms with van der Waals surface area (Å²) in [5.41, 5.74) is 1.05. The molecule has 0 unspecified atom stereocenters. The van der Waals surface area contributed by atoms with Crippen LogP contribution in [-0.4, -0.2) is 6.54 Å². The van der Waals surface area contributed by atoms with Gasteiger partial charge in [-0.05, 0) is 24.3 Å². The predicted molar refractivity (Wildman–Crippen MR) is 74.4 cm³/mol. The van der Waals surface area contributed by atoms with E-state index in [2.05, 4.69) is 17.2 Å². The lowest BCUT2D eigenvalue weighted by Gasteiger charge is -1.95. The molecule has 0 aliphatic rings. The van der Waals surface area contributed by atoms with Crippen LogP contribution in [0.5, 0.6) is 0 Å². The fourth-order valence-electron chi connectivity index (χ4n) is 1.36. The van der Waals surface area contributed by atoms with E-state index in [9.17, 15) is 0 Å². The molecule has 17 heavy (non-hydrogen) atoms. The lowest BCUT2D eigenvalue weighted by atomic mass is 10.2. The van der Waals surface area contributed by atoms with Gasteiger partial charge in [-0.15, -0.1) is 11.3 Å². The van der Waals surface area contributed by atoms with E-state index in [0.29, 0.717) is 6.54 Å². The minimum absolute atomic E-state index is 0.685. The topological polar surface area (TPSA) is 12.0 Å². The highest BCUT2D eigenvalue weighted by Crippen LogP contribution is 2.20. The van der Waals surface area contributed by atoms with Crippen molar-refractivity contribution in [2.45, 2.75) is 6.54 Å². The average Bonchev–Trinajstić information content (AvgIpc) is 2.76. The van der Waals surface area contributed by atoms with Gasteiger partial charge in [0, 0.05) is 17.0 Å². The standard InChI is InChI=1S/C14H12ClNS/c15-14-9-8-13(17-14)11-16-10-4-7-12-5-2-1-3-6-12/h1-3,5-6,8-9,16H,10-11H2. The third-order valence-corrected chi connectivity index (χ3v) is 3.38. The van der Waals surface area contributed by atoms with Crippen LogP contribution in [0.4, 0.5) is 0 Å². The molecule has 0 atom stereocenters. The maximum absolute atomic E-state index is 5.84. The molecule has 0 amide bonds. The monoisotopic (exact) mass is 261 g/mol. The van der Waals surface area contributed by atoms with Crippen LogP contribution in [0, 0.1) is 11.8 Å². The second kappa shape index (κ2) is 6.46. The maximum Gasteiger partial charge on any atom is 0.0931 e. The summed E-state index contributed by atoms with van der Waals surface area (Å²) in [6.07, 6.45) is 0. The van der Waals surface area contributed by atoms with Crippen molar-refractivity contribution in [3.8, 4) is 11.8 Å². The molecule has 0 aliphatic heterocycles. The van der Waals surface area contributed by atoms with Crippen LogP contribution in [0.1, 0.15) is 10.4 Å². The van der Waals surface area contributed by atoms with Gasteiger partial charge in [0.25, 0.3) is 0 Å². The number of thiophene rings is 1. The maximum atomic E-state index is 5.84. The molecular formula is C14H12ClNS. The van der Waals surface area contributed by atoms with Gasteiger partial charge in [0.2, 0.25) is 0 Å². The molecule has 1 nitrogen and oxygen atoms in total. The minimum atomic E-state index is 0.685. The van der Waals surface area contributed by atoms with Crippen molar-refractivity contribution in [1.29, 1.82) is 0 Å². The number of rotatable bonds is 3. The van der Waals surface area contributed by atoms with Gasteiger partial charge in [-0.3, -0.25) is 0 Å². The lowest BCUT2D eigenvalue weighted by Crippen LogP contribution is -2.12. The smallest absolute Gasteiger partial charge is 0.0931 e. The number of hydrogen-bond donors (Lipinski definition) is 1. The molecule has 2 aromatic rings. The predicted octanol–water partition coefficient (Wildman–Crippen LogP) is 3.54. The Kier molecular flexibility index (Phi) is 4.63. The van der Waals surface area contributed by atoms with Gasteiger partial charge in [-0.25, -0.2) is 0 Å². The Morgan fingerprint density at radius 3 is 2.65 bits per heavy atom. The van der Waals surface area contributed by atoms with E-state index in [1.807, 2.05) is 42.5 Å². The molecule has 0 saturated heterocycles. The van der Waals surface area contributed by atoms with Crippen LogP contribution in [0.2, 0.25) is 4.34 Å². The zero-order valence-electron chi connectivity index (χ0n) is 9.24. The highest BCUT2D eigenvalue weighted by atomic mass is 35.5. The van der Waals surface area contributed by atoms with E-state index in [1.54, 1.807) is 11.3 Å². The lowest BCUT2D eigenvalue weighted by molar-refractivity contribution is 0.781. The van der Waals surface area contributed by atoms with E-state index in [4.69, 9.17) is 11.6 Å². The van der Waals surface area contributed by atoms with Crippen LogP contribution < -0.4 is 5.32 Å². The first-order valence-electron chi connectivity index (χ1n) is 5.33. The Morgan fingerprint density at radius 1 is 1.12 bits per heavy atom. The summed E-state index contributed by atoms with van der Waals surface area (Å²) < 4.78 is 0.831. The molecule has 0 radical (unpaired) electrons. The zero-order valence-corrected chi connectivity index (χ0v) is 10.8. The van der Waals surface area contributed by atoms with Crippen molar-refractivity contribution < 1.29 is 0 Å². The van der Waals surface area contributed by atoms with Crippen LogP contribution in [0.25, 0.3) is 0 Å². The highest BCUT2D eigenvalue weighted by Gasteiger charge is 1.95. The van der Waals surface area contributed by atoms with Crippen LogP contribution in [0.3, 0.4) is 0 Å². The third-order valence-electron chi connectivity index (χ3n) is 2.15. The van der Waals surface area contributed by atoms with E-state index >= 15 is 0 Å². The number of benzene rings is 1. The molecule has 0 saturated carbocycles. The first-order chi connectivity index (χ1) is 8.34. The highest BCUT2D eigenvalue weighted by molar-refractivity contribution is 7.16. The third kappa shape index (κ3) is 4.24. The Balaban J connectivity index is 1.75. The molecule has 0 fully saturated rings. The van der Waals surface area contributed by atoms with Crippen LogP contribution >= 0.6 is 22.9 Å². The largest absolute Gasteiger partial charge is 0.301 e. The Labute approximate surface area is 110 Å². The average molecular weight is 262 g/mol. The Morgan fingerprint density at radius 2 is 1.94 bits per heavy atom. The Hall–Kier alpha value is -1.27. The summed E-state index contributed by atoms with van der Waals surface area (Å²) in [7, 11) is 0. The van der Waals surface area contributed by atoms with E-state index in [0.717, 1.165) is 16.4 Å². The molecule has 86 valence electrons. The van der Waals surface area contributed by atoms with E-state index in [1.165, 1.54) is 4.88 Å². The normalized spacial score (nSPS) is 9.71. The SMILES string of the molecule is Clc1ccc(CNCC#Cc2ccccc2)s1. The van der Waals surface area contributed by atoms with Gasteiger partial charge in [0.05, 0.1) is 10.9 Å². The summed E-state index contributed by atoms with van der Waals surface area (Å²) >= 11 is 7.44. The molecule has 0 aliphatic carbocycles. The van der Waals surface area contributed by atoms with E-state index in [-0.39, 0.29) is 0 Å². The first-order valence-corrected chi connectivity index (χ1v) is 6.53. The molecule has 1 heterocycles. The van der Waals surface area contributed by atoms with Crippen molar-refractivity contribution in [3.05, 3.63) is 57.2 Å². The van der Waals surface area contributed by atoms with Gasteiger partial charge in [0.1, 0.15) is 0 Å². The fourth-order valence-corrected chi connectivity index (χ4v) is 2.42. The Bertz CT molecular complexity index is 522. The minimum Gasteiger partial charge on any atom is -0.301 e. The summed E-state index contributed by atoms with van der Waals surface area (Å²) in [6.45, 7) is 1.51. The summed E-state index contributed by atoms with van der Waals surface area (Å²) in [5, 5.41) is 3.26. The molecule has 0 bridgehead atoms. The molecule has 1 N–H and O–H groups in total.